The van der Waals surface area contributed by atoms with Crippen molar-refractivity contribution in [2.75, 3.05) is 27.3 Å². The van der Waals surface area contributed by atoms with E-state index in [-0.39, 0.29) is 46.6 Å². The number of H-pyrrole nitrogens is 2. The molecule has 4 N–H and O–H groups in total. The van der Waals surface area contributed by atoms with E-state index in [1.54, 1.807) is 0 Å². The molecule has 1 aromatic carbocycles. The number of methoxy groups -OCH3 is 2. The molecule has 14 nitrogen and oxygen atoms in total. The third-order valence-electron chi connectivity index (χ3n) is 13.0. The topological polar surface area (TPSA) is 175 Å². The Labute approximate surface area is 342 Å². The Morgan fingerprint density at radius 2 is 1.03 bits per heavy atom. The highest BCUT2D eigenvalue weighted by Crippen LogP contribution is 2.55. The fourth-order valence-electron chi connectivity index (χ4n) is 10.2. The van der Waals surface area contributed by atoms with E-state index in [4.69, 9.17) is 19.4 Å². The summed E-state index contributed by atoms with van der Waals surface area (Å²) < 4.78 is 9.70. The van der Waals surface area contributed by atoms with Crippen LogP contribution in [0.15, 0.2) is 24.5 Å². The first-order valence-corrected chi connectivity index (χ1v) is 21.0. The van der Waals surface area contributed by atoms with E-state index in [1.165, 1.54) is 25.3 Å². The van der Waals surface area contributed by atoms with Crippen molar-refractivity contribution in [3.63, 3.8) is 0 Å². The summed E-state index contributed by atoms with van der Waals surface area (Å²) in [5, 5.41) is 5.52. The predicted molar refractivity (Wildman–Crippen MR) is 220 cm³/mol. The Morgan fingerprint density at radius 1 is 0.672 bits per heavy atom. The van der Waals surface area contributed by atoms with Crippen molar-refractivity contribution in [3.05, 3.63) is 47.3 Å². The molecule has 14 heteroatoms. The fraction of sp³-hybridized carbons (Fsp3) is 0.636. The van der Waals surface area contributed by atoms with Crippen LogP contribution in [-0.2, 0) is 19.1 Å². The van der Waals surface area contributed by atoms with Gasteiger partial charge in [-0.15, -0.1) is 0 Å². The second-order valence-electron chi connectivity index (χ2n) is 19.3. The summed E-state index contributed by atoms with van der Waals surface area (Å²) in [6.45, 7) is 17.4. The van der Waals surface area contributed by atoms with E-state index in [1.807, 2.05) is 49.9 Å². The first-order chi connectivity index (χ1) is 27.4. The molecule has 4 heterocycles. The van der Waals surface area contributed by atoms with Crippen molar-refractivity contribution in [3.8, 4) is 22.5 Å². The maximum Gasteiger partial charge on any atom is 0.407 e. The standard InChI is InChI=1S/C44H62N8O6/c1-23(2)35(49-41(55)57-9)39(53)51-21-43(5,6)17-31(51)37-45-19-29(47-37)27-15-16-28(34-26-13-11-25(12-14-26)33(27)34)30-20-46-38(48-30)32-18-44(7,8)22-52(32)40(54)36(24(3)4)50-42(56)58-10/h15-16,19-20,23-26,31-32,35-36H,11-14,17-18,21-22H2,1-10H3,(H,45,47)(H,46,48)(H,49,55)(H,50,56)/t25?,26?,31-,32?,35+,36+/m0/s1. The third kappa shape index (κ3) is 7.82. The lowest BCUT2D eigenvalue weighted by atomic mass is 9.64. The highest BCUT2D eigenvalue weighted by Gasteiger charge is 2.47. The Kier molecular flexibility index (Phi) is 11.2. The van der Waals surface area contributed by atoms with Gasteiger partial charge in [0, 0.05) is 24.2 Å². The zero-order valence-electron chi connectivity index (χ0n) is 35.8. The number of likely N-dealkylation sites (tertiary alicyclic amines) is 2. The monoisotopic (exact) mass is 798 g/mol. The Balaban J connectivity index is 1.20. The number of nitrogens with zero attached hydrogens (tertiary/aromatic N) is 4. The van der Waals surface area contributed by atoms with Crippen LogP contribution in [0.25, 0.3) is 22.5 Å². The average molecular weight is 799 g/mol. The normalized spacial score (nSPS) is 24.1. The molecule has 2 bridgehead atoms. The minimum atomic E-state index is -0.722. The molecule has 3 aliphatic carbocycles. The van der Waals surface area contributed by atoms with Crippen LogP contribution in [0.5, 0.6) is 0 Å². The molecular weight excluding hydrogens is 737 g/mol. The summed E-state index contributed by atoms with van der Waals surface area (Å²) in [6.07, 6.45) is 8.59. The van der Waals surface area contributed by atoms with Crippen molar-refractivity contribution < 1.29 is 28.7 Å². The van der Waals surface area contributed by atoms with Crippen molar-refractivity contribution >= 4 is 24.0 Å². The van der Waals surface area contributed by atoms with E-state index in [9.17, 15) is 19.2 Å². The molecule has 1 unspecified atom stereocenters. The summed E-state index contributed by atoms with van der Waals surface area (Å²) >= 11 is 0. The smallest absolute Gasteiger partial charge is 0.407 e. The van der Waals surface area contributed by atoms with Crippen LogP contribution in [-0.4, -0.2) is 93.1 Å². The lowest BCUT2D eigenvalue weighted by Gasteiger charge is -2.40. The number of imidazole rings is 2. The van der Waals surface area contributed by atoms with Gasteiger partial charge in [-0.2, -0.15) is 0 Å². The number of aromatic amines is 2. The highest BCUT2D eigenvalue weighted by atomic mass is 16.5. The number of hydrogen-bond acceptors (Lipinski definition) is 8. The number of ether oxygens (including phenoxy) is 2. The molecule has 314 valence electrons. The molecule has 2 aromatic heterocycles. The number of benzene rings is 1. The minimum Gasteiger partial charge on any atom is -0.453 e. The molecule has 2 aliphatic heterocycles. The number of hydrogen-bond donors (Lipinski definition) is 4. The van der Waals surface area contributed by atoms with Gasteiger partial charge in [-0.05, 0) is 84.2 Å². The Hall–Kier alpha value is -4.88. The van der Waals surface area contributed by atoms with E-state index < -0.39 is 24.3 Å². The summed E-state index contributed by atoms with van der Waals surface area (Å²) in [6, 6.07) is 2.41. The molecule has 4 atom stereocenters. The Bertz CT molecular complexity index is 1900. The number of amides is 4. The van der Waals surface area contributed by atoms with E-state index in [0.29, 0.717) is 24.9 Å². The molecule has 5 aliphatic rings. The van der Waals surface area contributed by atoms with Crippen molar-refractivity contribution in [2.24, 2.45) is 22.7 Å². The van der Waals surface area contributed by atoms with E-state index in [0.717, 1.165) is 72.7 Å². The van der Waals surface area contributed by atoms with Gasteiger partial charge in [0.05, 0.1) is 50.1 Å². The number of alkyl carbamates (subject to hydrolysis) is 2. The third-order valence-corrected chi connectivity index (χ3v) is 13.0. The van der Waals surface area contributed by atoms with Crippen LogP contribution in [0, 0.1) is 22.7 Å². The lowest BCUT2D eigenvalue weighted by Crippen LogP contribution is -2.51. The molecule has 2 saturated heterocycles. The zero-order valence-corrected chi connectivity index (χ0v) is 35.8. The molecule has 3 fully saturated rings. The average Bonchev–Trinajstić information content (AvgIpc) is 4.00. The van der Waals surface area contributed by atoms with Gasteiger partial charge in [-0.25, -0.2) is 19.6 Å². The fourth-order valence-corrected chi connectivity index (χ4v) is 10.2. The van der Waals surface area contributed by atoms with E-state index >= 15 is 0 Å². The molecule has 0 radical (unpaired) electrons. The second kappa shape index (κ2) is 15.7. The van der Waals surface area contributed by atoms with Crippen LogP contribution in [0.3, 0.4) is 0 Å². The number of nitrogens with one attached hydrogen (secondary N) is 4. The van der Waals surface area contributed by atoms with Gasteiger partial charge in [0.25, 0.3) is 0 Å². The first kappa shape index (κ1) is 41.3. The van der Waals surface area contributed by atoms with Gasteiger partial charge >= 0.3 is 12.2 Å². The van der Waals surface area contributed by atoms with Crippen molar-refractivity contribution in [2.45, 2.75) is 130 Å². The second-order valence-corrected chi connectivity index (χ2v) is 19.3. The number of aromatic nitrogens is 4. The van der Waals surface area contributed by atoms with E-state index in [2.05, 4.69) is 60.4 Å². The number of fused-ring (bicyclic) bond motifs is 2. The molecule has 1 saturated carbocycles. The highest BCUT2D eigenvalue weighted by molar-refractivity contribution is 5.87. The number of carbonyl (C=O) groups is 4. The first-order valence-electron chi connectivity index (χ1n) is 21.0. The minimum absolute atomic E-state index is 0.131. The number of carbonyl (C=O) groups excluding carboxylic acids is 4. The summed E-state index contributed by atoms with van der Waals surface area (Å²) in [5.41, 5.74) is 6.59. The van der Waals surface area contributed by atoms with Crippen LogP contribution in [0.4, 0.5) is 9.59 Å². The maximum atomic E-state index is 14.1. The van der Waals surface area contributed by atoms with Crippen LogP contribution >= 0.6 is 0 Å². The Morgan fingerprint density at radius 3 is 1.36 bits per heavy atom. The van der Waals surface area contributed by atoms with Gasteiger partial charge in [0.2, 0.25) is 11.8 Å². The predicted octanol–water partition coefficient (Wildman–Crippen LogP) is 7.58. The van der Waals surface area contributed by atoms with Gasteiger partial charge in [-0.3, -0.25) is 9.59 Å². The quantitative estimate of drug-likeness (QED) is 0.162. The van der Waals surface area contributed by atoms with Crippen molar-refractivity contribution in [1.82, 2.24) is 40.4 Å². The van der Waals surface area contributed by atoms with Gasteiger partial charge in [-0.1, -0.05) is 67.5 Å². The molecular formula is C44H62N8O6. The van der Waals surface area contributed by atoms with Gasteiger partial charge in [0.1, 0.15) is 23.7 Å². The van der Waals surface area contributed by atoms with Crippen LogP contribution in [0.2, 0.25) is 0 Å². The summed E-state index contributed by atoms with van der Waals surface area (Å²) in [5.74, 6) is 1.78. The maximum absolute atomic E-state index is 14.1. The van der Waals surface area contributed by atoms with Crippen LogP contribution in [0.1, 0.15) is 141 Å². The number of rotatable bonds is 10. The summed E-state index contributed by atoms with van der Waals surface area (Å²) in [4.78, 5) is 73.5. The summed E-state index contributed by atoms with van der Waals surface area (Å²) in [7, 11) is 2.61. The van der Waals surface area contributed by atoms with Gasteiger partial charge < -0.3 is 39.9 Å². The molecule has 8 rings (SSSR count). The SMILES string of the molecule is COC(=O)N[C@@H](C(=O)N1CC(C)(C)CC1c1ncc(-c2ccc(-c3cnc([C@@H]4CC(C)(C)CN4C(=O)[C@H](NC(=O)OC)C(C)C)[nH]3)c3c2C2CCC3CC2)[nH]1)C(C)C. The van der Waals surface area contributed by atoms with Gasteiger partial charge in [0.15, 0.2) is 0 Å². The molecule has 4 amide bonds. The molecule has 3 aromatic rings. The molecule has 58 heavy (non-hydrogen) atoms. The largest absolute Gasteiger partial charge is 0.453 e. The van der Waals surface area contributed by atoms with Crippen LogP contribution < -0.4 is 10.6 Å². The van der Waals surface area contributed by atoms with Crippen molar-refractivity contribution in [1.29, 1.82) is 0 Å². The zero-order chi connectivity index (χ0) is 41.8. The molecule has 0 spiro atoms. The lowest BCUT2D eigenvalue weighted by molar-refractivity contribution is -0.136.